The van der Waals surface area contributed by atoms with Crippen molar-refractivity contribution in [2.45, 2.75) is 25.7 Å². The van der Waals surface area contributed by atoms with Crippen LogP contribution in [0.4, 0.5) is 0 Å². The molecule has 4 aromatic rings. The van der Waals surface area contributed by atoms with Crippen LogP contribution in [0.25, 0.3) is 0 Å². The van der Waals surface area contributed by atoms with E-state index in [0.717, 1.165) is 62.2 Å². The molecular formula is C38H48Fe2N4O6. The van der Waals surface area contributed by atoms with E-state index in [2.05, 4.69) is 20.0 Å². The van der Waals surface area contributed by atoms with E-state index in [9.17, 15) is 20.4 Å². The zero-order chi connectivity index (χ0) is 35.2. The van der Waals surface area contributed by atoms with Crippen molar-refractivity contribution in [1.82, 2.24) is 0 Å². The summed E-state index contributed by atoms with van der Waals surface area (Å²) in [5.74, 6) is 0.995. The number of rotatable bonds is 14. The Morgan fingerprint density at radius 1 is 0.360 bits per heavy atom. The average molecular weight is 769 g/mol. The molecule has 0 heterocycles. The standard InChI is InChI=1S/2C18H20N2O2.2CH4O.2Fe/c2*21-17-9-3-1-7-15(17)13-19-11-5-6-12-20-14-16-8-2-4-10-18(16)22;2*1-2;;/h2*1-4,7-10,13-14,21-22H,5-6,11-12H2;2*2H,1H3;;. The van der Waals surface area contributed by atoms with Gasteiger partial charge >= 0.3 is 0 Å². The summed E-state index contributed by atoms with van der Waals surface area (Å²) in [5.41, 5.74) is 2.94. The largest absolute Gasteiger partial charge is 0.507 e. The molecule has 0 bridgehead atoms. The maximum atomic E-state index is 9.58. The first-order valence-electron chi connectivity index (χ1n) is 15.6. The topological polar surface area (TPSA) is 171 Å². The van der Waals surface area contributed by atoms with Crippen molar-refractivity contribution in [3.05, 3.63) is 119 Å². The molecule has 0 unspecified atom stereocenters. The number of phenolic OH excluding ortho intramolecular Hbond substituents is 4. The van der Waals surface area contributed by atoms with Crippen molar-refractivity contribution in [3.63, 3.8) is 0 Å². The van der Waals surface area contributed by atoms with E-state index >= 15 is 0 Å². The van der Waals surface area contributed by atoms with Gasteiger partial charge in [-0.05, 0) is 74.2 Å². The molecule has 0 saturated carbocycles. The normalized spacial score (nSPS) is 10.3. The number of unbranched alkanes of at least 4 members (excludes halogenated alkanes) is 2. The minimum absolute atomic E-state index is 0. The zero-order valence-electron chi connectivity index (χ0n) is 28.4. The molecule has 0 fully saturated rings. The fraction of sp³-hybridized carbons (Fsp3) is 0.263. The fourth-order valence-corrected chi connectivity index (χ4v) is 3.85. The molecule has 0 amide bonds. The number of hydrogen-bond acceptors (Lipinski definition) is 10. The third kappa shape index (κ3) is 20.9. The number of nitrogens with zero attached hydrogens (tertiary/aromatic N) is 4. The fourth-order valence-electron chi connectivity index (χ4n) is 3.85. The number of phenols is 4. The summed E-state index contributed by atoms with van der Waals surface area (Å²) < 4.78 is 0. The molecule has 0 atom stereocenters. The van der Waals surface area contributed by atoms with E-state index in [1.165, 1.54) is 0 Å². The van der Waals surface area contributed by atoms with Gasteiger partial charge in [-0.2, -0.15) is 0 Å². The Labute approximate surface area is 316 Å². The maximum Gasteiger partial charge on any atom is 0.124 e. The number of aliphatic hydroxyl groups is 2. The summed E-state index contributed by atoms with van der Waals surface area (Å²) in [6.07, 6.45) is 10.5. The molecule has 0 saturated heterocycles. The molecule has 0 aromatic heterocycles. The Balaban J connectivity index is 0. The van der Waals surface area contributed by atoms with Crippen LogP contribution in [0.1, 0.15) is 47.9 Å². The number of benzene rings is 4. The SMILES string of the molecule is CO.CO.Oc1ccccc1C=NCCCCN=Cc1ccccc1O.Oc1ccccc1C=NCCCCN=Cc1ccccc1O.[Fe].[Fe]. The van der Waals surface area contributed by atoms with Gasteiger partial charge in [0.05, 0.1) is 0 Å². The van der Waals surface area contributed by atoms with Crippen molar-refractivity contribution in [1.29, 1.82) is 0 Å². The second-order valence-corrected chi connectivity index (χ2v) is 9.79. The smallest absolute Gasteiger partial charge is 0.124 e. The Morgan fingerprint density at radius 3 is 0.720 bits per heavy atom. The van der Waals surface area contributed by atoms with Crippen LogP contribution >= 0.6 is 0 Å². The molecule has 0 aliphatic carbocycles. The molecule has 0 spiro atoms. The number of aliphatic hydroxyl groups excluding tert-OH is 2. The van der Waals surface area contributed by atoms with Gasteiger partial charge in [-0.3, -0.25) is 20.0 Å². The summed E-state index contributed by atoms with van der Waals surface area (Å²) in [5, 5.41) is 52.3. The van der Waals surface area contributed by atoms with Crippen molar-refractivity contribution in [3.8, 4) is 23.0 Å². The summed E-state index contributed by atoms with van der Waals surface area (Å²) in [7, 11) is 2.00. The van der Waals surface area contributed by atoms with E-state index in [1.54, 1.807) is 73.4 Å². The molecule has 50 heavy (non-hydrogen) atoms. The third-order valence-corrected chi connectivity index (χ3v) is 6.32. The van der Waals surface area contributed by atoms with E-state index < -0.39 is 0 Å². The molecule has 4 rings (SSSR count). The van der Waals surface area contributed by atoms with Gasteiger partial charge in [0.25, 0.3) is 0 Å². The van der Waals surface area contributed by atoms with Crippen LogP contribution in [-0.4, -0.2) is 95.9 Å². The first-order chi connectivity index (χ1) is 23.5. The quantitative estimate of drug-likeness (QED) is 0.0519. The van der Waals surface area contributed by atoms with E-state index in [1.807, 2.05) is 48.5 Å². The third-order valence-electron chi connectivity index (χ3n) is 6.32. The van der Waals surface area contributed by atoms with Gasteiger partial charge in [-0.15, -0.1) is 0 Å². The number of aromatic hydroxyl groups is 4. The van der Waals surface area contributed by atoms with Gasteiger partial charge in [0.1, 0.15) is 23.0 Å². The molecule has 0 aliphatic heterocycles. The monoisotopic (exact) mass is 768 g/mol. The van der Waals surface area contributed by atoms with Crippen LogP contribution in [0.5, 0.6) is 23.0 Å². The predicted octanol–water partition coefficient (Wildman–Crippen LogP) is 6.04. The van der Waals surface area contributed by atoms with E-state index in [4.69, 9.17) is 10.2 Å². The summed E-state index contributed by atoms with van der Waals surface area (Å²) in [4.78, 5) is 17.2. The summed E-state index contributed by atoms with van der Waals surface area (Å²) >= 11 is 0. The summed E-state index contributed by atoms with van der Waals surface area (Å²) in [6.45, 7) is 2.84. The van der Waals surface area contributed by atoms with Gasteiger partial charge in [0.2, 0.25) is 0 Å². The first kappa shape index (κ1) is 47.8. The van der Waals surface area contributed by atoms with Crippen LogP contribution in [0.2, 0.25) is 0 Å². The molecule has 6 N–H and O–H groups in total. The molecule has 12 heteroatoms. The number of aliphatic imine (C=N–C) groups is 4. The molecule has 0 radical (unpaired) electrons. The molecule has 0 aliphatic rings. The molecular weight excluding hydrogens is 720 g/mol. The zero-order valence-corrected chi connectivity index (χ0v) is 30.6. The maximum absolute atomic E-state index is 9.58. The van der Waals surface area contributed by atoms with Crippen molar-refractivity contribution in [2.75, 3.05) is 40.4 Å². The van der Waals surface area contributed by atoms with Crippen LogP contribution in [-0.2, 0) is 34.1 Å². The van der Waals surface area contributed by atoms with Crippen LogP contribution < -0.4 is 0 Å². The van der Waals surface area contributed by atoms with Crippen LogP contribution in [0.15, 0.2) is 117 Å². The Bertz CT molecular complexity index is 1320. The van der Waals surface area contributed by atoms with Crippen molar-refractivity contribution >= 4 is 24.9 Å². The van der Waals surface area contributed by atoms with Gasteiger partial charge < -0.3 is 30.6 Å². The van der Waals surface area contributed by atoms with Gasteiger partial charge in [0, 0.05) is 122 Å². The summed E-state index contributed by atoms with van der Waals surface area (Å²) in [6, 6.07) is 28.5. The molecule has 4 aromatic carbocycles. The predicted molar refractivity (Wildman–Crippen MR) is 197 cm³/mol. The van der Waals surface area contributed by atoms with Crippen LogP contribution in [0, 0.1) is 0 Å². The van der Waals surface area contributed by atoms with Gasteiger partial charge in [0.15, 0.2) is 0 Å². The van der Waals surface area contributed by atoms with Crippen molar-refractivity contribution in [2.24, 2.45) is 20.0 Å². The molecule has 272 valence electrons. The van der Waals surface area contributed by atoms with E-state index in [0.29, 0.717) is 26.2 Å². The Hall–Kier alpha value is -4.28. The Morgan fingerprint density at radius 2 is 0.540 bits per heavy atom. The van der Waals surface area contributed by atoms with Crippen molar-refractivity contribution < 1.29 is 64.8 Å². The second-order valence-electron chi connectivity index (χ2n) is 9.79. The van der Waals surface area contributed by atoms with Crippen LogP contribution in [0.3, 0.4) is 0 Å². The number of para-hydroxylation sites is 4. The van der Waals surface area contributed by atoms with Gasteiger partial charge in [-0.25, -0.2) is 0 Å². The van der Waals surface area contributed by atoms with Gasteiger partial charge in [-0.1, -0.05) is 48.5 Å². The second kappa shape index (κ2) is 32.0. The minimum Gasteiger partial charge on any atom is -0.507 e. The van der Waals surface area contributed by atoms with E-state index in [-0.39, 0.29) is 57.1 Å². The average Bonchev–Trinajstić information content (AvgIpc) is 3.12. The minimum atomic E-state index is 0. The first-order valence-corrected chi connectivity index (χ1v) is 15.6. The Kier molecular flexibility index (Phi) is 30.6. The molecule has 10 nitrogen and oxygen atoms in total. The number of hydrogen-bond donors (Lipinski definition) is 6.